The average molecular weight is 314 g/mol. The van der Waals surface area contributed by atoms with Crippen LogP contribution in [-0.4, -0.2) is 59.8 Å². The lowest BCUT2D eigenvalue weighted by Crippen LogP contribution is -2.46. The van der Waals surface area contributed by atoms with Crippen LogP contribution in [0.4, 0.5) is 5.82 Å². The Kier molecular flexibility index (Phi) is 5.78. The van der Waals surface area contributed by atoms with Gasteiger partial charge in [0.2, 0.25) is 0 Å². The van der Waals surface area contributed by atoms with Crippen molar-refractivity contribution in [1.82, 2.24) is 9.88 Å². The minimum atomic E-state index is -0.323. The fourth-order valence-corrected chi connectivity index (χ4v) is 2.36. The van der Waals surface area contributed by atoms with Crippen LogP contribution in [0.2, 0.25) is 5.02 Å². The third-order valence-electron chi connectivity index (χ3n) is 3.26. The quantitative estimate of drug-likeness (QED) is 0.859. The molecule has 0 aromatic carbocycles. The molecule has 6 nitrogen and oxygen atoms in total. The van der Waals surface area contributed by atoms with Gasteiger partial charge in [0.05, 0.1) is 29.9 Å². The maximum absolute atomic E-state index is 12.4. The zero-order chi connectivity index (χ0) is 15.2. The van der Waals surface area contributed by atoms with E-state index in [1.54, 1.807) is 11.0 Å². The van der Waals surface area contributed by atoms with Crippen LogP contribution in [0.3, 0.4) is 0 Å². The van der Waals surface area contributed by atoms with Gasteiger partial charge in [0.1, 0.15) is 5.82 Å². The Morgan fingerprint density at radius 2 is 2.48 bits per heavy atom. The molecule has 1 aromatic heterocycles. The van der Waals surface area contributed by atoms with Gasteiger partial charge in [0, 0.05) is 25.8 Å². The Labute approximate surface area is 129 Å². The summed E-state index contributed by atoms with van der Waals surface area (Å²) in [5.74, 6) is 0.443. The van der Waals surface area contributed by atoms with Gasteiger partial charge in [-0.05, 0) is 12.5 Å². The van der Waals surface area contributed by atoms with Crippen LogP contribution < -0.4 is 5.32 Å². The predicted octanol–water partition coefficient (Wildman–Crippen LogP) is 1.39. The maximum Gasteiger partial charge on any atom is 0.255 e. The van der Waals surface area contributed by atoms with Crippen molar-refractivity contribution in [3.8, 4) is 0 Å². The van der Waals surface area contributed by atoms with Crippen LogP contribution in [0, 0.1) is 0 Å². The van der Waals surface area contributed by atoms with Crippen LogP contribution in [0.5, 0.6) is 0 Å². The van der Waals surface area contributed by atoms with Gasteiger partial charge in [-0.15, -0.1) is 0 Å². The van der Waals surface area contributed by atoms with E-state index in [1.807, 2.05) is 0 Å². The Hall–Kier alpha value is -1.37. The van der Waals surface area contributed by atoms with E-state index in [4.69, 9.17) is 21.4 Å². The minimum Gasteiger partial charge on any atom is -0.394 e. The van der Waals surface area contributed by atoms with E-state index < -0.39 is 0 Å². The van der Waals surface area contributed by atoms with Crippen LogP contribution in [0.15, 0.2) is 12.3 Å². The Balaban J connectivity index is 2.07. The Morgan fingerprint density at radius 1 is 1.67 bits per heavy atom. The van der Waals surface area contributed by atoms with Gasteiger partial charge in [-0.3, -0.25) is 4.79 Å². The number of halogens is 1. The highest BCUT2D eigenvalue weighted by Crippen LogP contribution is 2.21. The molecule has 2 rings (SSSR count). The number of hydrogen-bond acceptors (Lipinski definition) is 5. The number of aromatic nitrogens is 1. The van der Waals surface area contributed by atoms with Crippen molar-refractivity contribution in [2.75, 3.05) is 38.2 Å². The molecule has 1 saturated heterocycles. The van der Waals surface area contributed by atoms with Crippen LogP contribution in [0.1, 0.15) is 23.7 Å². The third-order valence-corrected chi connectivity index (χ3v) is 3.55. The summed E-state index contributed by atoms with van der Waals surface area (Å²) in [7, 11) is 0. The number of pyridine rings is 1. The molecule has 1 aromatic rings. The zero-order valence-corrected chi connectivity index (χ0v) is 12.8. The number of rotatable bonds is 5. The molecule has 1 amide bonds. The summed E-state index contributed by atoms with van der Waals surface area (Å²) in [5.41, 5.74) is 0.445. The molecule has 1 aliphatic heterocycles. The fourth-order valence-electron chi connectivity index (χ4n) is 2.13. The van der Waals surface area contributed by atoms with Gasteiger partial charge in [-0.1, -0.05) is 18.5 Å². The molecular weight excluding hydrogens is 294 g/mol. The zero-order valence-electron chi connectivity index (χ0n) is 12.0. The van der Waals surface area contributed by atoms with Crippen molar-refractivity contribution in [2.45, 2.75) is 19.4 Å². The first kappa shape index (κ1) is 16.0. The van der Waals surface area contributed by atoms with E-state index in [0.29, 0.717) is 36.1 Å². The molecule has 1 fully saturated rings. The van der Waals surface area contributed by atoms with Gasteiger partial charge >= 0.3 is 0 Å². The number of aliphatic hydroxyl groups excluding tert-OH is 1. The van der Waals surface area contributed by atoms with E-state index in [0.717, 1.165) is 13.0 Å². The van der Waals surface area contributed by atoms with E-state index >= 15 is 0 Å². The largest absolute Gasteiger partial charge is 0.394 e. The van der Waals surface area contributed by atoms with Crippen LogP contribution in [-0.2, 0) is 4.74 Å². The number of morpholine rings is 1. The monoisotopic (exact) mass is 313 g/mol. The van der Waals surface area contributed by atoms with Crippen molar-refractivity contribution in [3.05, 3.63) is 22.8 Å². The molecule has 7 heteroatoms. The number of carbonyl (C=O) groups is 1. The number of anilines is 1. The van der Waals surface area contributed by atoms with Crippen LogP contribution >= 0.6 is 11.6 Å². The number of carbonyl (C=O) groups excluding carboxylic acids is 1. The summed E-state index contributed by atoms with van der Waals surface area (Å²) in [5, 5.41) is 12.7. The summed E-state index contributed by atoms with van der Waals surface area (Å²) in [6.07, 6.45) is 2.17. The lowest BCUT2D eigenvalue weighted by molar-refractivity contribution is -0.0447. The van der Waals surface area contributed by atoms with Gasteiger partial charge < -0.3 is 20.1 Å². The molecule has 2 N–H and O–H groups in total. The molecule has 0 bridgehead atoms. The summed E-state index contributed by atoms with van der Waals surface area (Å²) in [6.45, 7) is 4.04. The highest BCUT2D eigenvalue weighted by molar-refractivity contribution is 6.33. The van der Waals surface area contributed by atoms with Gasteiger partial charge in [-0.2, -0.15) is 0 Å². The molecule has 1 atom stereocenters. The molecule has 2 heterocycles. The molecule has 21 heavy (non-hydrogen) atoms. The minimum absolute atomic E-state index is 0.0946. The van der Waals surface area contributed by atoms with Gasteiger partial charge in [-0.25, -0.2) is 4.98 Å². The lowest BCUT2D eigenvalue weighted by Gasteiger charge is -2.32. The number of amides is 1. The molecule has 0 saturated carbocycles. The first-order valence-electron chi connectivity index (χ1n) is 7.06. The van der Waals surface area contributed by atoms with E-state index in [1.165, 1.54) is 6.20 Å². The summed E-state index contributed by atoms with van der Waals surface area (Å²) in [6, 6.07) is 1.62. The second kappa shape index (κ2) is 7.59. The highest BCUT2D eigenvalue weighted by Gasteiger charge is 2.25. The topological polar surface area (TPSA) is 74.7 Å². The van der Waals surface area contributed by atoms with Gasteiger partial charge in [0.15, 0.2) is 0 Å². The molecular formula is C14H20ClN3O3. The smallest absolute Gasteiger partial charge is 0.255 e. The second-order valence-corrected chi connectivity index (χ2v) is 5.31. The number of nitrogens with zero attached hydrogens (tertiary/aromatic N) is 2. The summed E-state index contributed by atoms with van der Waals surface area (Å²) in [4.78, 5) is 18.3. The van der Waals surface area contributed by atoms with E-state index in [9.17, 15) is 4.79 Å². The molecule has 0 radical (unpaired) electrons. The molecule has 1 aliphatic rings. The SMILES string of the molecule is CCCNc1ncc(C(=O)N2CCOC(CO)C2)cc1Cl. The van der Waals surface area contributed by atoms with Crippen molar-refractivity contribution in [1.29, 1.82) is 0 Å². The average Bonchev–Trinajstić information content (AvgIpc) is 2.53. The molecule has 0 spiro atoms. The van der Waals surface area contributed by atoms with E-state index in [-0.39, 0.29) is 18.6 Å². The molecule has 116 valence electrons. The molecule has 1 unspecified atom stereocenters. The summed E-state index contributed by atoms with van der Waals surface area (Å²) < 4.78 is 5.33. The maximum atomic E-state index is 12.4. The standard InChI is InChI=1S/C14H20ClN3O3/c1-2-3-16-13-12(15)6-10(7-17-13)14(20)18-4-5-21-11(8-18)9-19/h6-7,11,19H,2-5,8-9H2,1H3,(H,16,17). The van der Waals surface area contributed by atoms with Crippen molar-refractivity contribution in [2.24, 2.45) is 0 Å². The number of nitrogens with one attached hydrogen (secondary N) is 1. The first-order valence-corrected chi connectivity index (χ1v) is 7.44. The lowest BCUT2D eigenvalue weighted by atomic mass is 10.2. The molecule has 0 aliphatic carbocycles. The van der Waals surface area contributed by atoms with Crippen molar-refractivity contribution in [3.63, 3.8) is 0 Å². The second-order valence-electron chi connectivity index (χ2n) is 4.91. The van der Waals surface area contributed by atoms with Crippen LogP contribution in [0.25, 0.3) is 0 Å². The number of aliphatic hydroxyl groups is 1. The normalized spacial score (nSPS) is 18.6. The Bertz CT molecular complexity index is 498. The number of hydrogen-bond donors (Lipinski definition) is 2. The predicted molar refractivity (Wildman–Crippen MR) is 80.8 cm³/mol. The van der Waals surface area contributed by atoms with E-state index in [2.05, 4.69) is 17.2 Å². The highest BCUT2D eigenvalue weighted by atomic mass is 35.5. The van der Waals surface area contributed by atoms with Crippen molar-refractivity contribution >= 4 is 23.3 Å². The first-order chi connectivity index (χ1) is 10.2. The Morgan fingerprint density at radius 3 is 3.14 bits per heavy atom. The fraction of sp³-hybridized carbons (Fsp3) is 0.571. The van der Waals surface area contributed by atoms with Gasteiger partial charge in [0.25, 0.3) is 5.91 Å². The number of ether oxygens (including phenoxy) is 1. The van der Waals surface area contributed by atoms with Crippen molar-refractivity contribution < 1.29 is 14.6 Å². The summed E-state index contributed by atoms with van der Waals surface area (Å²) >= 11 is 6.14. The third kappa shape index (κ3) is 4.06.